The van der Waals surface area contributed by atoms with Crippen molar-refractivity contribution in [3.63, 3.8) is 0 Å². The van der Waals surface area contributed by atoms with Gasteiger partial charge in [0.25, 0.3) is 9.05 Å². The number of nitriles is 1. The quantitative estimate of drug-likeness (QED) is 0.495. The molecule has 0 atom stereocenters. The Labute approximate surface area is 101 Å². The lowest BCUT2D eigenvalue weighted by Crippen LogP contribution is -2.07. The Morgan fingerprint density at radius 2 is 2.12 bits per heavy atom. The van der Waals surface area contributed by atoms with Crippen molar-refractivity contribution < 1.29 is 13.3 Å². The van der Waals surface area contributed by atoms with E-state index in [4.69, 9.17) is 21.7 Å². The van der Waals surface area contributed by atoms with Gasteiger partial charge in [0.05, 0.1) is 4.92 Å². The van der Waals surface area contributed by atoms with Gasteiger partial charge < -0.3 is 5.73 Å². The van der Waals surface area contributed by atoms with Gasteiger partial charge in [0, 0.05) is 17.2 Å². The van der Waals surface area contributed by atoms with Crippen LogP contribution < -0.4 is 5.73 Å². The molecule has 1 aromatic rings. The molecule has 0 aromatic heterocycles. The van der Waals surface area contributed by atoms with Crippen molar-refractivity contribution in [2.24, 2.45) is 5.73 Å². The van der Waals surface area contributed by atoms with Gasteiger partial charge in [-0.25, -0.2) is 8.42 Å². The van der Waals surface area contributed by atoms with E-state index in [9.17, 15) is 18.5 Å². The van der Waals surface area contributed by atoms with Gasteiger partial charge in [0.2, 0.25) is 0 Å². The first-order valence-corrected chi connectivity index (χ1v) is 6.49. The molecule has 0 amide bonds. The summed E-state index contributed by atoms with van der Waals surface area (Å²) in [7, 11) is 0.762. The van der Waals surface area contributed by atoms with Crippen LogP contribution in [-0.4, -0.2) is 13.3 Å². The van der Waals surface area contributed by atoms with Crippen LogP contribution in [-0.2, 0) is 15.6 Å². The van der Waals surface area contributed by atoms with Gasteiger partial charge in [-0.05, 0) is 11.6 Å². The minimum absolute atomic E-state index is 0.119. The lowest BCUT2D eigenvalue weighted by Gasteiger charge is -2.04. The lowest BCUT2D eigenvalue weighted by atomic mass is 10.1. The van der Waals surface area contributed by atoms with Crippen molar-refractivity contribution in [2.75, 3.05) is 0 Å². The maximum Gasteiger partial charge on any atom is 0.307 e. The van der Waals surface area contributed by atoms with E-state index in [1.807, 2.05) is 0 Å². The van der Waals surface area contributed by atoms with Gasteiger partial charge in [-0.1, -0.05) is 6.07 Å². The first-order chi connectivity index (χ1) is 7.82. The highest BCUT2D eigenvalue weighted by Gasteiger charge is 2.29. The molecule has 17 heavy (non-hydrogen) atoms. The summed E-state index contributed by atoms with van der Waals surface area (Å²) in [6.45, 7) is -0.119. The molecule has 0 saturated carbocycles. The normalized spacial score (nSPS) is 10.9. The van der Waals surface area contributed by atoms with Crippen LogP contribution in [0.4, 0.5) is 5.69 Å². The minimum Gasteiger partial charge on any atom is -0.326 e. The van der Waals surface area contributed by atoms with Gasteiger partial charge in [0.1, 0.15) is 11.6 Å². The second-order valence-corrected chi connectivity index (χ2v) is 5.49. The van der Waals surface area contributed by atoms with Gasteiger partial charge in [-0.3, -0.25) is 10.1 Å². The topological polar surface area (TPSA) is 127 Å². The Hall–Kier alpha value is -1.69. The van der Waals surface area contributed by atoms with Crippen molar-refractivity contribution in [1.82, 2.24) is 0 Å². The monoisotopic (exact) mass is 275 g/mol. The molecular weight excluding hydrogens is 270 g/mol. The maximum absolute atomic E-state index is 11.1. The lowest BCUT2D eigenvalue weighted by molar-refractivity contribution is -0.388. The number of nitro benzene ring substituents is 1. The number of hydrogen-bond acceptors (Lipinski definition) is 6. The van der Waals surface area contributed by atoms with Gasteiger partial charge in [0.15, 0.2) is 4.90 Å². The Balaban J connectivity index is 3.80. The van der Waals surface area contributed by atoms with Crippen molar-refractivity contribution in [3.8, 4) is 6.07 Å². The molecule has 0 unspecified atom stereocenters. The van der Waals surface area contributed by atoms with E-state index in [2.05, 4.69) is 0 Å². The zero-order valence-electron chi connectivity index (χ0n) is 8.25. The average Bonchev–Trinajstić information content (AvgIpc) is 2.25. The van der Waals surface area contributed by atoms with Crippen LogP contribution in [0, 0.1) is 21.4 Å². The maximum atomic E-state index is 11.1. The molecule has 0 aliphatic heterocycles. The molecule has 7 nitrogen and oxygen atoms in total. The second-order valence-electron chi connectivity index (χ2n) is 2.96. The molecule has 0 fully saturated rings. The van der Waals surface area contributed by atoms with Crippen molar-refractivity contribution >= 4 is 25.4 Å². The molecule has 0 radical (unpaired) electrons. The summed E-state index contributed by atoms with van der Waals surface area (Å²) in [6, 6.07) is 3.75. The highest BCUT2D eigenvalue weighted by Crippen LogP contribution is 2.32. The number of hydrogen-bond donors (Lipinski definition) is 1. The largest absolute Gasteiger partial charge is 0.326 e. The highest BCUT2D eigenvalue weighted by atomic mass is 35.7. The van der Waals surface area contributed by atoms with E-state index in [-0.39, 0.29) is 17.7 Å². The van der Waals surface area contributed by atoms with E-state index in [1.165, 1.54) is 6.07 Å². The molecule has 9 heteroatoms. The fourth-order valence-corrected chi connectivity index (χ4v) is 2.30. The summed E-state index contributed by atoms with van der Waals surface area (Å²) < 4.78 is 22.3. The fourth-order valence-electron chi connectivity index (χ4n) is 1.29. The predicted molar refractivity (Wildman–Crippen MR) is 58.7 cm³/mol. The minimum atomic E-state index is -4.30. The number of benzene rings is 1. The third kappa shape index (κ3) is 2.52. The standard InChI is InChI=1S/C8H6ClN3O4S/c9-17(15,16)7-2-1-5(3-10)6(4-11)8(7)12(13)14/h1-2H,3,10H2. The molecule has 0 saturated heterocycles. The molecule has 2 N–H and O–H groups in total. The Bertz CT molecular complexity index is 620. The number of halogens is 1. The first kappa shape index (κ1) is 13.4. The number of nitro groups is 1. The van der Waals surface area contributed by atoms with E-state index < -0.39 is 24.6 Å². The van der Waals surface area contributed by atoms with Crippen molar-refractivity contribution in [2.45, 2.75) is 11.4 Å². The summed E-state index contributed by atoms with van der Waals surface area (Å²) >= 11 is 0. The molecule has 0 aliphatic rings. The van der Waals surface area contributed by atoms with Crippen LogP contribution in [0.3, 0.4) is 0 Å². The summed E-state index contributed by atoms with van der Waals surface area (Å²) in [4.78, 5) is 9.13. The van der Waals surface area contributed by atoms with Crippen LogP contribution in [0.1, 0.15) is 11.1 Å². The van der Waals surface area contributed by atoms with E-state index in [0.29, 0.717) is 0 Å². The number of nitrogens with zero attached hydrogens (tertiary/aromatic N) is 2. The number of nitrogens with two attached hydrogens (primary N) is 1. The fraction of sp³-hybridized carbons (Fsp3) is 0.125. The first-order valence-electron chi connectivity index (χ1n) is 4.18. The van der Waals surface area contributed by atoms with Crippen LogP contribution in [0.2, 0.25) is 0 Å². The summed E-state index contributed by atoms with van der Waals surface area (Å²) in [6.07, 6.45) is 0. The van der Waals surface area contributed by atoms with Crippen molar-refractivity contribution in [1.29, 1.82) is 5.26 Å². The highest BCUT2D eigenvalue weighted by molar-refractivity contribution is 8.13. The Morgan fingerprint density at radius 1 is 1.53 bits per heavy atom. The van der Waals surface area contributed by atoms with Gasteiger partial charge in [-0.2, -0.15) is 5.26 Å². The zero-order valence-corrected chi connectivity index (χ0v) is 9.83. The third-order valence-corrected chi connectivity index (χ3v) is 3.36. The molecule has 0 spiro atoms. The summed E-state index contributed by atoms with van der Waals surface area (Å²) in [5.41, 5.74) is 4.25. The van der Waals surface area contributed by atoms with Crippen LogP contribution in [0.5, 0.6) is 0 Å². The smallest absolute Gasteiger partial charge is 0.307 e. The summed E-state index contributed by atoms with van der Waals surface area (Å²) in [5.74, 6) is 0. The van der Waals surface area contributed by atoms with Crippen LogP contribution in [0.15, 0.2) is 17.0 Å². The van der Waals surface area contributed by atoms with E-state index >= 15 is 0 Å². The van der Waals surface area contributed by atoms with Gasteiger partial charge >= 0.3 is 5.69 Å². The van der Waals surface area contributed by atoms with Crippen LogP contribution >= 0.6 is 10.7 Å². The average molecular weight is 276 g/mol. The van der Waals surface area contributed by atoms with Gasteiger partial charge in [-0.15, -0.1) is 0 Å². The zero-order chi connectivity index (χ0) is 13.2. The van der Waals surface area contributed by atoms with E-state index in [0.717, 1.165) is 6.07 Å². The van der Waals surface area contributed by atoms with Crippen molar-refractivity contribution in [3.05, 3.63) is 33.4 Å². The molecule has 0 heterocycles. The summed E-state index contributed by atoms with van der Waals surface area (Å²) in [5, 5.41) is 19.6. The molecule has 90 valence electrons. The van der Waals surface area contributed by atoms with Crippen LogP contribution in [0.25, 0.3) is 0 Å². The SMILES string of the molecule is N#Cc1c(CN)ccc(S(=O)(=O)Cl)c1[N+](=O)[O-]. The Kier molecular flexibility index (Phi) is 3.67. The Morgan fingerprint density at radius 3 is 2.47 bits per heavy atom. The molecule has 1 rings (SSSR count). The molecule has 0 aliphatic carbocycles. The molecule has 1 aromatic carbocycles. The molecule has 0 bridgehead atoms. The second kappa shape index (κ2) is 4.67. The predicted octanol–water partition coefficient (Wildman–Crippen LogP) is 0.853. The molecular formula is C8H6ClN3O4S. The van der Waals surface area contributed by atoms with E-state index in [1.54, 1.807) is 6.07 Å². The number of rotatable bonds is 3. The third-order valence-electron chi connectivity index (χ3n) is 2.00.